The highest BCUT2D eigenvalue weighted by atomic mass is 16.5. The van der Waals surface area contributed by atoms with Crippen LogP contribution in [0.4, 0.5) is 11.4 Å². The van der Waals surface area contributed by atoms with Gasteiger partial charge in [0, 0.05) is 23.7 Å². The number of nitrogens with zero attached hydrogens (tertiary/aromatic N) is 1. The Labute approximate surface area is 192 Å². The molecule has 8 nitrogen and oxygen atoms in total. The summed E-state index contributed by atoms with van der Waals surface area (Å²) >= 11 is 0. The van der Waals surface area contributed by atoms with Gasteiger partial charge < -0.3 is 26.0 Å². The summed E-state index contributed by atoms with van der Waals surface area (Å²) in [6, 6.07) is 12.8. The first-order valence-electron chi connectivity index (χ1n) is 11.7. The average Bonchev–Trinajstić information content (AvgIpc) is 3.56. The molecule has 0 radical (unpaired) electrons. The van der Waals surface area contributed by atoms with Crippen molar-refractivity contribution in [2.24, 2.45) is 0 Å². The third-order valence-electron chi connectivity index (χ3n) is 6.82. The Morgan fingerprint density at radius 3 is 2.85 bits per heavy atom. The summed E-state index contributed by atoms with van der Waals surface area (Å²) in [4.78, 5) is 13.1. The molecular weight excluding hydrogens is 416 g/mol. The maximum atomic E-state index is 13.1. The first-order valence-corrected chi connectivity index (χ1v) is 11.7. The number of aromatic amines is 1. The van der Waals surface area contributed by atoms with Crippen LogP contribution in [0.15, 0.2) is 36.4 Å². The number of amides is 1. The van der Waals surface area contributed by atoms with Crippen LogP contribution in [0.2, 0.25) is 0 Å². The molecule has 6 rings (SSSR count). The lowest BCUT2D eigenvalue weighted by Crippen LogP contribution is -2.43. The molecule has 4 heterocycles. The highest BCUT2D eigenvalue weighted by Crippen LogP contribution is 2.41. The first kappa shape index (κ1) is 20.1. The van der Waals surface area contributed by atoms with Crippen LogP contribution in [0.25, 0.3) is 11.1 Å². The van der Waals surface area contributed by atoms with Gasteiger partial charge in [-0.05, 0) is 62.2 Å². The molecule has 1 fully saturated rings. The van der Waals surface area contributed by atoms with Crippen molar-refractivity contribution in [1.29, 1.82) is 0 Å². The standard InChI is InChI=1S/C25H28N6O2/c1-14-22(25(32)27-16-7-10-26-11-8-16)23(31-30-14)24-28-19-6-5-15(13-20(19)29-24)17-3-2-4-21-18(17)9-12-33-21/h2-6,13,16,24,26,28-29H,7-12H2,1H3,(H,27,32)(H,30,31). The molecule has 1 unspecified atom stereocenters. The van der Waals surface area contributed by atoms with Crippen molar-refractivity contribution in [2.45, 2.75) is 38.4 Å². The van der Waals surface area contributed by atoms with Gasteiger partial charge in [-0.2, -0.15) is 5.10 Å². The highest BCUT2D eigenvalue weighted by Gasteiger charge is 2.30. The second kappa shape index (κ2) is 8.12. The number of carbonyl (C=O) groups excluding carboxylic acids is 1. The van der Waals surface area contributed by atoms with E-state index in [-0.39, 0.29) is 18.1 Å². The molecule has 33 heavy (non-hydrogen) atoms. The lowest BCUT2D eigenvalue weighted by Gasteiger charge is -2.24. The average molecular weight is 445 g/mol. The van der Waals surface area contributed by atoms with Crippen LogP contribution in [-0.2, 0) is 6.42 Å². The van der Waals surface area contributed by atoms with Gasteiger partial charge in [-0.1, -0.05) is 18.2 Å². The van der Waals surface area contributed by atoms with Crippen LogP contribution < -0.4 is 26.0 Å². The van der Waals surface area contributed by atoms with Crippen LogP contribution >= 0.6 is 0 Å². The number of hydrogen-bond acceptors (Lipinski definition) is 6. The van der Waals surface area contributed by atoms with Crippen LogP contribution in [0.5, 0.6) is 5.75 Å². The second-order valence-corrected chi connectivity index (χ2v) is 8.97. The predicted octanol–water partition coefficient (Wildman–Crippen LogP) is 3.34. The molecule has 0 spiro atoms. The number of piperidine rings is 1. The zero-order valence-corrected chi connectivity index (χ0v) is 18.6. The van der Waals surface area contributed by atoms with Crippen molar-refractivity contribution in [3.8, 4) is 16.9 Å². The molecule has 3 aliphatic heterocycles. The Balaban J connectivity index is 1.25. The molecule has 0 saturated carbocycles. The number of benzene rings is 2. The number of anilines is 2. The second-order valence-electron chi connectivity index (χ2n) is 8.97. The van der Waals surface area contributed by atoms with E-state index in [9.17, 15) is 4.79 Å². The minimum absolute atomic E-state index is 0.0664. The maximum absolute atomic E-state index is 13.1. The third kappa shape index (κ3) is 3.60. The van der Waals surface area contributed by atoms with Crippen molar-refractivity contribution in [1.82, 2.24) is 20.8 Å². The van der Waals surface area contributed by atoms with E-state index in [1.807, 2.05) is 19.1 Å². The number of carbonyl (C=O) groups is 1. The molecule has 1 amide bonds. The molecule has 5 N–H and O–H groups in total. The van der Waals surface area contributed by atoms with E-state index in [1.54, 1.807) is 0 Å². The number of fused-ring (bicyclic) bond motifs is 2. The quantitative estimate of drug-likeness (QED) is 0.423. The Kier molecular flexibility index (Phi) is 4.95. The van der Waals surface area contributed by atoms with Crippen LogP contribution in [0.3, 0.4) is 0 Å². The summed E-state index contributed by atoms with van der Waals surface area (Å²) in [5, 5.41) is 21.0. The lowest BCUT2D eigenvalue weighted by atomic mass is 9.97. The van der Waals surface area contributed by atoms with Crippen molar-refractivity contribution in [2.75, 3.05) is 30.3 Å². The normalized spacial score (nSPS) is 19.2. The topological polar surface area (TPSA) is 103 Å². The van der Waals surface area contributed by atoms with Gasteiger partial charge in [0.25, 0.3) is 5.91 Å². The minimum atomic E-state index is -0.279. The first-order chi connectivity index (χ1) is 16.2. The van der Waals surface area contributed by atoms with Gasteiger partial charge in [0.05, 0.1) is 23.5 Å². The van der Waals surface area contributed by atoms with Gasteiger partial charge in [-0.25, -0.2) is 0 Å². The monoisotopic (exact) mass is 444 g/mol. The number of rotatable bonds is 4. The number of aromatic nitrogens is 2. The molecule has 3 aliphatic rings. The Morgan fingerprint density at radius 2 is 1.97 bits per heavy atom. The van der Waals surface area contributed by atoms with Crippen molar-refractivity contribution < 1.29 is 9.53 Å². The molecule has 3 aromatic rings. The number of H-pyrrole nitrogens is 1. The number of hydrogen-bond donors (Lipinski definition) is 5. The van der Waals surface area contributed by atoms with Gasteiger partial charge in [0.2, 0.25) is 0 Å². The summed E-state index contributed by atoms with van der Waals surface area (Å²) in [5.41, 5.74) is 7.69. The van der Waals surface area contributed by atoms with E-state index in [0.717, 1.165) is 67.3 Å². The fourth-order valence-electron chi connectivity index (χ4n) is 5.10. The predicted molar refractivity (Wildman–Crippen MR) is 128 cm³/mol. The van der Waals surface area contributed by atoms with E-state index < -0.39 is 0 Å². The molecule has 1 aromatic heterocycles. The van der Waals surface area contributed by atoms with E-state index in [2.05, 4.69) is 55.7 Å². The summed E-state index contributed by atoms with van der Waals surface area (Å²) < 4.78 is 5.74. The van der Waals surface area contributed by atoms with Gasteiger partial charge in [0.15, 0.2) is 0 Å². The lowest BCUT2D eigenvalue weighted by molar-refractivity contribution is 0.0928. The minimum Gasteiger partial charge on any atom is -0.493 e. The molecule has 8 heteroatoms. The van der Waals surface area contributed by atoms with Crippen molar-refractivity contribution >= 4 is 17.3 Å². The van der Waals surface area contributed by atoms with Gasteiger partial charge in [0.1, 0.15) is 17.6 Å². The zero-order valence-electron chi connectivity index (χ0n) is 18.6. The summed E-state index contributed by atoms with van der Waals surface area (Å²) in [5.74, 6) is 0.914. The van der Waals surface area contributed by atoms with Gasteiger partial charge in [-0.3, -0.25) is 9.89 Å². The maximum Gasteiger partial charge on any atom is 0.255 e. The summed E-state index contributed by atoms with van der Waals surface area (Å²) in [7, 11) is 0. The van der Waals surface area contributed by atoms with Gasteiger partial charge >= 0.3 is 0 Å². The molecule has 2 aromatic carbocycles. The molecule has 0 aliphatic carbocycles. The van der Waals surface area contributed by atoms with Crippen LogP contribution in [-0.4, -0.2) is 41.8 Å². The third-order valence-corrected chi connectivity index (χ3v) is 6.82. The summed E-state index contributed by atoms with van der Waals surface area (Å²) in [6.45, 7) is 4.50. The SMILES string of the molecule is Cc1[nH]nc(C2Nc3ccc(-c4cccc5c4CCO5)cc3N2)c1C(=O)NC1CCNCC1. The van der Waals surface area contributed by atoms with Crippen LogP contribution in [0.1, 0.15) is 46.3 Å². The van der Waals surface area contributed by atoms with Crippen LogP contribution in [0, 0.1) is 6.92 Å². The fourth-order valence-corrected chi connectivity index (χ4v) is 5.10. The van der Waals surface area contributed by atoms with Crippen molar-refractivity contribution in [3.63, 3.8) is 0 Å². The molecule has 0 bridgehead atoms. The van der Waals surface area contributed by atoms with Gasteiger partial charge in [-0.15, -0.1) is 0 Å². The fraction of sp³-hybridized carbons (Fsp3) is 0.360. The molecule has 170 valence electrons. The molecule has 1 atom stereocenters. The van der Waals surface area contributed by atoms with E-state index in [1.165, 1.54) is 11.1 Å². The highest BCUT2D eigenvalue weighted by molar-refractivity contribution is 5.97. The smallest absolute Gasteiger partial charge is 0.255 e. The summed E-state index contributed by atoms with van der Waals surface area (Å²) in [6.07, 6.45) is 2.54. The largest absolute Gasteiger partial charge is 0.493 e. The Bertz CT molecular complexity index is 1210. The number of ether oxygens (including phenoxy) is 1. The van der Waals surface area contributed by atoms with E-state index in [0.29, 0.717) is 11.3 Å². The van der Waals surface area contributed by atoms with Crippen molar-refractivity contribution in [3.05, 3.63) is 58.9 Å². The zero-order chi connectivity index (χ0) is 22.4. The Hall–Kier alpha value is -3.52. The van der Waals surface area contributed by atoms with E-state index >= 15 is 0 Å². The number of nitrogens with one attached hydrogen (secondary N) is 5. The Morgan fingerprint density at radius 1 is 1.12 bits per heavy atom. The van der Waals surface area contributed by atoms with E-state index in [4.69, 9.17) is 4.74 Å². The number of aryl methyl sites for hydroxylation is 1. The molecular formula is C25H28N6O2. The molecule has 1 saturated heterocycles.